The zero-order chi connectivity index (χ0) is 18.5. The van der Waals surface area contributed by atoms with Gasteiger partial charge < -0.3 is 15.1 Å². The van der Waals surface area contributed by atoms with Gasteiger partial charge in [-0.2, -0.15) is 0 Å². The Morgan fingerprint density at radius 2 is 2.07 bits per heavy atom. The molecule has 0 saturated heterocycles. The summed E-state index contributed by atoms with van der Waals surface area (Å²) in [5.41, 5.74) is 2.70. The normalized spacial score (nSPS) is 11.3. The number of aromatic nitrogens is 1. The number of fused-ring (bicyclic) bond motifs is 1. The maximum atomic E-state index is 13.4. The average Bonchev–Trinajstić information content (AvgIpc) is 2.95. The summed E-state index contributed by atoms with van der Waals surface area (Å²) in [6.07, 6.45) is 2.56. The highest BCUT2D eigenvalue weighted by Gasteiger charge is 2.11. The quantitative estimate of drug-likeness (QED) is 0.234. The molecular weight excluding hydrogens is 482 g/mol. The zero-order valence-corrected chi connectivity index (χ0v) is 18.1. The fraction of sp³-hybridized carbons (Fsp3) is 0.263. The van der Waals surface area contributed by atoms with Gasteiger partial charge in [-0.15, -0.1) is 24.0 Å². The highest BCUT2D eigenvalue weighted by atomic mass is 127. The van der Waals surface area contributed by atoms with Gasteiger partial charge in [0.15, 0.2) is 5.96 Å². The zero-order valence-electron chi connectivity index (χ0n) is 15.1. The van der Waals surface area contributed by atoms with Crippen LogP contribution in [0.5, 0.6) is 0 Å². The number of guanidine groups is 1. The molecule has 3 rings (SSSR count). The molecule has 0 fully saturated rings. The maximum Gasteiger partial charge on any atom is 0.191 e. The SMILES string of the molecule is CN=C(NCCc1ccc(Cl)nc1)NCc1oc2ccc(F)cc2c1C.I. The Bertz CT molecular complexity index is 927. The monoisotopic (exact) mass is 502 g/mol. The first kappa shape index (κ1) is 21.4. The molecule has 2 N–H and O–H groups in total. The molecule has 0 aliphatic carbocycles. The molecular formula is C19H21ClFIN4O. The van der Waals surface area contributed by atoms with E-state index in [4.69, 9.17) is 16.0 Å². The lowest BCUT2D eigenvalue weighted by Crippen LogP contribution is -2.37. The Labute approximate surface area is 179 Å². The molecule has 0 amide bonds. The molecule has 0 unspecified atom stereocenters. The third kappa shape index (κ3) is 5.55. The standard InChI is InChI=1S/C19H20ClFN4O.HI/c1-12-15-9-14(21)4-5-16(15)26-17(12)11-25-19(22-2)23-8-7-13-3-6-18(20)24-10-13;/h3-6,9-10H,7-8,11H2,1-2H3,(H2,22,23,25);1H. The lowest BCUT2D eigenvalue weighted by atomic mass is 10.1. The highest BCUT2D eigenvalue weighted by molar-refractivity contribution is 14.0. The Morgan fingerprint density at radius 3 is 2.78 bits per heavy atom. The molecule has 0 atom stereocenters. The van der Waals surface area contributed by atoms with Crippen LogP contribution in [0.4, 0.5) is 4.39 Å². The van der Waals surface area contributed by atoms with Gasteiger partial charge in [-0.3, -0.25) is 4.99 Å². The van der Waals surface area contributed by atoms with Crippen LogP contribution >= 0.6 is 35.6 Å². The van der Waals surface area contributed by atoms with Crippen molar-refractivity contribution in [2.45, 2.75) is 19.9 Å². The third-order valence-electron chi connectivity index (χ3n) is 4.13. The van der Waals surface area contributed by atoms with Crippen LogP contribution in [-0.4, -0.2) is 24.5 Å². The van der Waals surface area contributed by atoms with E-state index in [1.54, 1.807) is 25.4 Å². The third-order valence-corrected chi connectivity index (χ3v) is 4.36. The fourth-order valence-electron chi connectivity index (χ4n) is 2.68. The van der Waals surface area contributed by atoms with Crippen LogP contribution < -0.4 is 10.6 Å². The van der Waals surface area contributed by atoms with Gasteiger partial charge >= 0.3 is 0 Å². The van der Waals surface area contributed by atoms with Gasteiger partial charge in [0.05, 0.1) is 6.54 Å². The number of aryl methyl sites for hydroxylation is 1. The van der Waals surface area contributed by atoms with Crippen LogP contribution in [0.2, 0.25) is 5.15 Å². The van der Waals surface area contributed by atoms with E-state index in [1.807, 2.05) is 13.0 Å². The van der Waals surface area contributed by atoms with E-state index in [2.05, 4.69) is 20.6 Å². The maximum absolute atomic E-state index is 13.4. The predicted octanol–water partition coefficient (Wildman–Crippen LogP) is 4.45. The van der Waals surface area contributed by atoms with Crippen molar-refractivity contribution in [2.75, 3.05) is 13.6 Å². The van der Waals surface area contributed by atoms with Crippen LogP contribution in [0.15, 0.2) is 45.9 Å². The van der Waals surface area contributed by atoms with E-state index < -0.39 is 0 Å². The number of pyridine rings is 1. The highest BCUT2D eigenvalue weighted by Crippen LogP contribution is 2.25. The molecule has 0 aliphatic rings. The number of benzene rings is 1. The van der Waals surface area contributed by atoms with Crippen LogP contribution in [0, 0.1) is 12.7 Å². The second-order valence-electron chi connectivity index (χ2n) is 5.88. The van der Waals surface area contributed by atoms with Gasteiger partial charge in [0.25, 0.3) is 0 Å². The van der Waals surface area contributed by atoms with Crippen LogP contribution in [0.3, 0.4) is 0 Å². The first-order valence-corrected chi connectivity index (χ1v) is 8.67. The summed E-state index contributed by atoms with van der Waals surface area (Å²) in [6.45, 7) is 3.09. The summed E-state index contributed by atoms with van der Waals surface area (Å²) in [4.78, 5) is 8.26. The van der Waals surface area contributed by atoms with E-state index in [1.165, 1.54) is 12.1 Å². The van der Waals surface area contributed by atoms with Crippen molar-refractivity contribution in [3.8, 4) is 0 Å². The van der Waals surface area contributed by atoms with Crippen molar-refractivity contribution < 1.29 is 8.81 Å². The molecule has 2 aromatic heterocycles. The topological polar surface area (TPSA) is 62.5 Å². The number of halogens is 3. The van der Waals surface area contributed by atoms with Crippen LogP contribution in [-0.2, 0) is 13.0 Å². The van der Waals surface area contributed by atoms with E-state index in [0.717, 1.165) is 28.7 Å². The average molecular weight is 503 g/mol. The van der Waals surface area contributed by atoms with Gasteiger partial charge in [-0.05, 0) is 43.2 Å². The number of aliphatic imine (C=N–C) groups is 1. The number of hydrogen-bond acceptors (Lipinski definition) is 3. The molecule has 27 heavy (non-hydrogen) atoms. The largest absolute Gasteiger partial charge is 0.459 e. The van der Waals surface area contributed by atoms with E-state index in [0.29, 0.717) is 29.8 Å². The minimum Gasteiger partial charge on any atom is -0.459 e. The second-order valence-corrected chi connectivity index (χ2v) is 6.27. The Morgan fingerprint density at radius 1 is 1.26 bits per heavy atom. The molecule has 1 aromatic carbocycles. The van der Waals surface area contributed by atoms with E-state index >= 15 is 0 Å². The molecule has 8 heteroatoms. The smallest absolute Gasteiger partial charge is 0.191 e. The van der Waals surface area contributed by atoms with Crippen molar-refractivity contribution in [1.82, 2.24) is 15.6 Å². The van der Waals surface area contributed by atoms with Crippen molar-refractivity contribution in [2.24, 2.45) is 4.99 Å². The molecule has 0 radical (unpaired) electrons. The summed E-state index contributed by atoms with van der Waals surface area (Å²) >= 11 is 5.78. The Kier molecular flexibility index (Phi) is 7.85. The van der Waals surface area contributed by atoms with Crippen molar-refractivity contribution >= 4 is 52.5 Å². The number of hydrogen-bond donors (Lipinski definition) is 2. The molecule has 0 aliphatic heterocycles. The summed E-state index contributed by atoms with van der Waals surface area (Å²) in [7, 11) is 1.71. The molecule has 0 saturated carbocycles. The fourth-order valence-corrected chi connectivity index (χ4v) is 2.79. The van der Waals surface area contributed by atoms with Crippen molar-refractivity contribution in [1.29, 1.82) is 0 Å². The van der Waals surface area contributed by atoms with Crippen LogP contribution in [0.25, 0.3) is 11.0 Å². The van der Waals surface area contributed by atoms with Crippen molar-refractivity contribution in [3.05, 3.63) is 64.4 Å². The van der Waals surface area contributed by atoms with Gasteiger partial charge in [0.2, 0.25) is 0 Å². The second kappa shape index (κ2) is 9.89. The number of nitrogens with zero attached hydrogens (tertiary/aromatic N) is 2. The Balaban J connectivity index is 0.00000261. The lowest BCUT2D eigenvalue weighted by Gasteiger charge is -2.11. The minimum atomic E-state index is -0.268. The molecule has 144 valence electrons. The minimum absolute atomic E-state index is 0. The lowest BCUT2D eigenvalue weighted by molar-refractivity contribution is 0.534. The number of furan rings is 1. The summed E-state index contributed by atoms with van der Waals surface area (Å²) in [5, 5.41) is 7.73. The molecule has 0 bridgehead atoms. The summed E-state index contributed by atoms with van der Waals surface area (Å²) in [6, 6.07) is 8.26. The molecule has 3 aromatic rings. The van der Waals surface area contributed by atoms with E-state index in [9.17, 15) is 4.39 Å². The van der Waals surface area contributed by atoms with Gasteiger partial charge in [0.1, 0.15) is 22.3 Å². The molecule has 2 heterocycles. The van der Waals surface area contributed by atoms with Crippen LogP contribution in [0.1, 0.15) is 16.9 Å². The summed E-state index contributed by atoms with van der Waals surface area (Å²) in [5.74, 6) is 1.16. The number of nitrogens with one attached hydrogen (secondary N) is 2. The molecule has 0 spiro atoms. The van der Waals surface area contributed by atoms with Gasteiger partial charge in [0, 0.05) is 30.7 Å². The first-order chi connectivity index (χ1) is 12.6. The van der Waals surface area contributed by atoms with Crippen molar-refractivity contribution in [3.63, 3.8) is 0 Å². The first-order valence-electron chi connectivity index (χ1n) is 8.29. The number of rotatable bonds is 5. The van der Waals surface area contributed by atoms with E-state index in [-0.39, 0.29) is 29.8 Å². The van der Waals surface area contributed by atoms with Gasteiger partial charge in [-0.25, -0.2) is 9.37 Å². The van der Waals surface area contributed by atoms with Gasteiger partial charge in [-0.1, -0.05) is 17.7 Å². The summed E-state index contributed by atoms with van der Waals surface area (Å²) < 4.78 is 19.2. The molecule has 5 nitrogen and oxygen atoms in total. The predicted molar refractivity (Wildman–Crippen MR) is 117 cm³/mol. The Hall–Kier alpha value is -1.87.